The summed E-state index contributed by atoms with van der Waals surface area (Å²) in [7, 11) is 0. The topological polar surface area (TPSA) is 33.2 Å². The highest BCUT2D eigenvalue weighted by atomic mass is 35.5. The highest BCUT2D eigenvalue weighted by molar-refractivity contribution is 6.30. The SMILES string of the molecule is O=C(C=Cc1cccnc1)N1CCCC1c1cccc(Cl)c1. The zero-order valence-corrected chi connectivity index (χ0v) is 12.9. The molecule has 4 heteroatoms. The lowest BCUT2D eigenvalue weighted by atomic mass is 10.0. The first kappa shape index (κ1) is 14.8. The van der Waals surface area contributed by atoms with E-state index in [1.54, 1.807) is 18.5 Å². The number of pyridine rings is 1. The molecule has 2 aromatic rings. The summed E-state index contributed by atoms with van der Waals surface area (Å²) in [5, 5.41) is 0.711. The zero-order valence-electron chi connectivity index (χ0n) is 12.2. The van der Waals surface area contributed by atoms with Gasteiger partial charge in [-0.3, -0.25) is 9.78 Å². The lowest BCUT2D eigenvalue weighted by Crippen LogP contribution is -2.28. The van der Waals surface area contributed by atoms with Gasteiger partial charge in [0.2, 0.25) is 5.91 Å². The van der Waals surface area contributed by atoms with Crippen LogP contribution in [0.3, 0.4) is 0 Å². The van der Waals surface area contributed by atoms with Gasteiger partial charge in [-0.15, -0.1) is 0 Å². The molecule has 1 aliphatic rings. The molecule has 0 bridgehead atoms. The Morgan fingerprint density at radius 2 is 2.23 bits per heavy atom. The van der Waals surface area contributed by atoms with E-state index in [1.807, 2.05) is 47.4 Å². The van der Waals surface area contributed by atoms with Crippen molar-refractivity contribution >= 4 is 23.6 Å². The summed E-state index contributed by atoms with van der Waals surface area (Å²) in [5.41, 5.74) is 2.03. The molecule has 1 atom stereocenters. The average Bonchev–Trinajstić information content (AvgIpc) is 3.03. The van der Waals surface area contributed by atoms with Gasteiger partial charge in [-0.1, -0.05) is 29.8 Å². The Morgan fingerprint density at radius 3 is 3.00 bits per heavy atom. The molecule has 1 aliphatic heterocycles. The number of nitrogens with zero attached hydrogens (tertiary/aromatic N) is 2. The normalized spacial score (nSPS) is 18.0. The van der Waals surface area contributed by atoms with Gasteiger partial charge in [-0.2, -0.15) is 0 Å². The van der Waals surface area contributed by atoms with Gasteiger partial charge >= 0.3 is 0 Å². The molecular weight excluding hydrogens is 296 g/mol. The first-order valence-corrected chi connectivity index (χ1v) is 7.76. The molecule has 0 N–H and O–H groups in total. The Bertz CT molecular complexity index is 684. The van der Waals surface area contributed by atoms with Gasteiger partial charge < -0.3 is 4.90 Å². The number of rotatable bonds is 3. The summed E-state index contributed by atoms with van der Waals surface area (Å²) in [5.74, 6) is 0.0336. The van der Waals surface area contributed by atoms with Crippen LogP contribution >= 0.6 is 11.6 Å². The molecule has 0 spiro atoms. The molecule has 3 nitrogen and oxygen atoms in total. The van der Waals surface area contributed by atoms with E-state index in [-0.39, 0.29) is 11.9 Å². The van der Waals surface area contributed by atoms with Crippen molar-refractivity contribution in [1.82, 2.24) is 9.88 Å². The Labute approximate surface area is 135 Å². The number of hydrogen-bond donors (Lipinski definition) is 0. The Morgan fingerprint density at radius 1 is 1.32 bits per heavy atom. The van der Waals surface area contributed by atoms with Crippen molar-refractivity contribution in [2.24, 2.45) is 0 Å². The van der Waals surface area contributed by atoms with E-state index in [4.69, 9.17) is 11.6 Å². The average molecular weight is 313 g/mol. The lowest BCUT2D eigenvalue weighted by molar-refractivity contribution is -0.126. The molecule has 112 valence electrons. The minimum atomic E-state index is 0.0336. The third-order valence-electron chi connectivity index (χ3n) is 3.87. The van der Waals surface area contributed by atoms with E-state index >= 15 is 0 Å². The van der Waals surface area contributed by atoms with Crippen LogP contribution in [0.5, 0.6) is 0 Å². The fraction of sp³-hybridized carbons (Fsp3) is 0.222. The van der Waals surface area contributed by atoms with Gasteiger partial charge in [0.1, 0.15) is 0 Å². The molecule has 0 radical (unpaired) electrons. The first-order chi connectivity index (χ1) is 10.7. The third-order valence-corrected chi connectivity index (χ3v) is 4.11. The van der Waals surface area contributed by atoms with Crippen molar-refractivity contribution in [3.63, 3.8) is 0 Å². The fourth-order valence-electron chi connectivity index (χ4n) is 2.83. The van der Waals surface area contributed by atoms with Crippen LogP contribution < -0.4 is 0 Å². The summed E-state index contributed by atoms with van der Waals surface area (Å²) in [6.45, 7) is 0.785. The summed E-state index contributed by atoms with van der Waals surface area (Å²) in [4.78, 5) is 18.4. The summed E-state index contributed by atoms with van der Waals surface area (Å²) in [6, 6.07) is 11.7. The maximum absolute atomic E-state index is 12.5. The number of halogens is 1. The molecule has 22 heavy (non-hydrogen) atoms. The third kappa shape index (κ3) is 3.37. The maximum atomic E-state index is 12.5. The smallest absolute Gasteiger partial charge is 0.247 e. The number of benzene rings is 1. The van der Waals surface area contributed by atoms with Crippen LogP contribution in [0.15, 0.2) is 54.9 Å². The predicted molar refractivity (Wildman–Crippen MR) is 88.4 cm³/mol. The second-order valence-corrected chi connectivity index (χ2v) is 5.80. The number of likely N-dealkylation sites (tertiary alicyclic amines) is 1. The van der Waals surface area contributed by atoms with Crippen molar-refractivity contribution in [2.75, 3.05) is 6.54 Å². The van der Waals surface area contributed by atoms with Crippen LogP contribution in [0.2, 0.25) is 5.02 Å². The first-order valence-electron chi connectivity index (χ1n) is 7.38. The van der Waals surface area contributed by atoms with Crippen LogP contribution in [-0.4, -0.2) is 22.3 Å². The highest BCUT2D eigenvalue weighted by Gasteiger charge is 2.28. The van der Waals surface area contributed by atoms with Crippen LogP contribution in [0.4, 0.5) is 0 Å². The van der Waals surface area contributed by atoms with Crippen LogP contribution in [0.1, 0.15) is 30.0 Å². The lowest BCUT2D eigenvalue weighted by Gasteiger charge is -2.24. The molecule has 1 aromatic heterocycles. The van der Waals surface area contributed by atoms with E-state index in [0.29, 0.717) is 5.02 Å². The molecular formula is C18H17ClN2O. The number of amides is 1. The van der Waals surface area contributed by atoms with Crippen molar-refractivity contribution < 1.29 is 4.79 Å². The van der Waals surface area contributed by atoms with E-state index in [2.05, 4.69) is 4.98 Å². The van der Waals surface area contributed by atoms with E-state index < -0.39 is 0 Å². The minimum absolute atomic E-state index is 0.0336. The predicted octanol–water partition coefficient (Wildman–Crippen LogP) is 4.11. The quantitative estimate of drug-likeness (QED) is 0.799. The van der Waals surface area contributed by atoms with E-state index in [0.717, 1.165) is 30.5 Å². The Hall–Kier alpha value is -2.13. The minimum Gasteiger partial charge on any atom is -0.332 e. The molecule has 1 unspecified atom stereocenters. The molecule has 1 saturated heterocycles. The molecule has 1 aromatic carbocycles. The maximum Gasteiger partial charge on any atom is 0.247 e. The molecule has 0 saturated carbocycles. The van der Waals surface area contributed by atoms with Gasteiger partial charge in [0.15, 0.2) is 0 Å². The molecule has 3 rings (SSSR count). The molecule has 1 amide bonds. The molecule has 2 heterocycles. The second kappa shape index (κ2) is 6.75. The summed E-state index contributed by atoms with van der Waals surface area (Å²) < 4.78 is 0. The van der Waals surface area contributed by atoms with Crippen LogP contribution in [0.25, 0.3) is 6.08 Å². The standard InChI is InChI=1S/C18H17ClN2O/c19-16-6-1-5-15(12-16)17-7-3-11-21(17)18(22)9-8-14-4-2-10-20-13-14/h1-2,4-6,8-10,12-13,17H,3,7,11H2. The van der Waals surface area contributed by atoms with Gasteiger partial charge in [-0.05, 0) is 48.2 Å². The van der Waals surface area contributed by atoms with E-state index in [1.165, 1.54) is 0 Å². The van der Waals surface area contributed by atoms with Gasteiger partial charge in [0.25, 0.3) is 0 Å². The Balaban J connectivity index is 1.75. The van der Waals surface area contributed by atoms with Gasteiger partial charge in [0, 0.05) is 30.0 Å². The molecule has 1 fully saturated rings. The largest absolute Gasteiger partial charge is 0.332 e. The van der Waals surface area contributed by atoms with Crippen molar-refractivity contribution in [3.8, 4) is 0 Å². The van der Waals surface area contributed by atoms with Crippen LogP contribution in [0, 0.1) is 0 Å². The molecule has 0 aliphatic carbocycles. The number of hydrogen-bond acceptors (Lipinski definition) is 2. The number of aromatic nitrogens is 1. The highest BCUT2D eigenvalue weighted by Crippen LogP contribution is 2.33. The van der Waals surface area contributed by atoms with Crippen LogP contribution in [-0.2, 0) is 4.79 Å². The fourth-order valence-corrected chi connectivity index (χ4v) is 3.03. The van der Waals surface area contributed by atoms with Gasteiger partial charge in [-0.25, -0.2) is 0 Å². The number of carbonyl (C=O) groups is 1. The zero-order chi connectivity index (χ0) is 15.4. The van der Waals surface area contributed by atoms with Crippen molar-refractivity contribution in [3.05, 3.63) is 71.0 Å². The summed E-state index contributed by atoms with van der Waals surface area (Å²) >= 11 is 6.07. The number of carbonyl (C=O) groups excluding carboxylic acids is 1. The monoisotopic (exact) mass is 312 g/mol. The Kier molecular flexibility index (Phi) is 4.54. The second-order valence-electron chi connectivity index (χ2n) is 5.36. The summed E-state index contributed by atoms with van der Waals surface area (Å²) in [6.07, 6.45) is 8.88. The van der Waals surface area contributed by atoms with Crippen molar-refractivity contribution in [2.45, 2.75) is 18.9 Å². The van der Waals surface area contributed by atoms with E-state index in [9.17, 15) is 4.79 Å². The van der Waals surface area contributed by atoms with Gasteiger partial charge in [0.05, 0.1) is 6.04 Å². The van der Waals surface area contributed by atoms with Crippen molar-refractivity contribution in [1.29, 1.82) is 0 Å².